The van der Waals surface area contributed by atoms with Crippen LogP contribution in [0.25, 0.3) is 0 Å². The number of alkyl halides is 1. The summed E-state index contributed by atoms with van der Waals surface area (Å²) in [7, 11) is -2.85. The number of benzene rings is 2. The molecule has 2 heterocycles. The number of carbonyl (C=O) groups excluding carboxylic acids is 3. The van der Waals surface area contributed by atoms with Crippen molar-refractivity contribution >= 4 is 62.7 Å². The normalized spacial score (nSPS) is 14.5. The van der Waals surface area contributed by atoms with Crippen LogP contribution in [-0.2, 0) is 19.6 Å². The van der Waals surface area contributed by atoms with E-state index in [0.29, 0.717) is 24.0 Å². The van der Waals surface area contributed by atoms with Crippen LogP contribution in [0, 0.1) is 25.1 Å². The molecule has 0 saturated heterocycles. The highest BCUT2D eigenvalue weighted by molar-refractivity contribution is 7.90. The van der Waals surface area contributed by atoms with E-state index >= 15 is 0 Å². The molecule has 1 unspecified atom stereocenters. The van der Waals surface area contributed by atoms with Gasteiger partial charge in [-0.15, -0.1) is 18.0 Å². The van der Waals surface area contributed by atoms with Gasteiger partial charge in [-0.05, 0) is 57.7 Å². The van der Waals surface area contributed by atoms with Crippen molar-refractivity contribution in [3.8, 4) is 29.9 Å². The Kier molecular flexibility index (Phi) is 12.6. The van der Waals surface area contributed by atoms with Crippen LogP contribution in [0.2, 0.25) is 5.02 Å². The van der Waals surface area contributed by atoms with Gasteiger partial charge >= 0.3 is 12.0 Å². The molecule has 1 aromatic heterocycles. The number of ether oxygens (including phenoxy) is 3. The molecule has 0 spiro atoms. The topological polar surface area (TPSA) is 179 Å². The maximum Gasteiger partial charge on any atom is 0.335 e. The van der Waals surface area contributed by atoms with Crippen molar-refractivity contribution in [2.24, 2.45) is 0 Å². The molecule has 5 rings (SSSR count). The number of rotatable bonds is 10. The highest BCUT2D eigenvalue weighted by atomic mass is 35.5. The summed E-state index contributed by atoms with van der Waals surface area (Å²) in [6.45, 7) is 3.31. The van der Waals surface area contributed by atoms with Gasteiger partial charge in [0.05, 0.1) is 23.7 Å². The third-order valence-electron chi connectivity index (χ3n) is 7.01. The van der Waals surface area contributed by atoms with E-state index in [0.717, 1.165) is 23.8 Å². The Bertz CT molecular complexity index is 1960. The van der Waals surface area contributed by atoms with Gasteiger partial charge in [-0.1, -0.05) is 29.7 Å². The first-order valence-electron chi connectivity index (χ1n) is 14.9. The molecule has 50 heavy (non-hydrogen) atoms. The summed E-state index contributed by atoms with van der Waals surface area (Å²) in [4.78, 5) is 49.3. The standard InChI is InChI=1S/C18H15ClFNO3.C14H16ClN5O5S/c1-3-10(2)24-16-9-15(14(20)8-13(16)19)21-17(22)11-6-4-5-7-12(11)18(21)23;1-9-16-12(19-14(17-9)24-2)18-13(21)20-26(22,23)11-6-4-3-5-10(11)25-8-7-15/h1,8-10H,4-7H2,2H3;3-6H,7-8H2,1-2H3,(H2,16,17,18,19,20,21). The van der Waals surface area contributed by atoms with Crippen LogP contribution in [0.4, 0.5) is 20.8 Å². The predicted molar refractivity (Wildman–Crippen MR) is 181 cm³/mol. The Hall–Kier alpha value is -4.98. The number of nitrogens with zero attached hydrogens (tertiary/aromatic N) is 4. The van der Waals surface area contributed by atoms with Crippen molar-refractivity contribution in [1.82, 2.24) is 19.7 Å². The zero-order valence-electron chi connectivity index (χ0n) is 27.0. The number of terminal acetylenes is 1. The molecule has 2 aliphatic rings. The first-order valence-corrected chi connectivity index (χ1v) is 17.3. The molecule has 18 heteroatoms. The molecule has 0 radical (unpaired) electrons. The molecule has 0 fully saturated rings. The van der Waals surface area contributed by atoms with E-state index in [1.54, 1.807) is 19.9 Å². The van der Waals surface area contributed by atoms with E-state index in [9.17, 15) is 27.2 Å². The van der Waals surface area contributed by atoms with Gasteiger partial charge < -0.3 is 14.2 Å². The third kappa shape index (κ3) is 8.97. The minimum absolute atomic E-state index is 0.0181. The molecule has 1 aliphatic carbocycles. The van der Waals surface area contributed by atoms with E-state index in [-0.39, 0.29) is 57.4 Å². The maximum atomic E-state index is 14.4. The van der Waals surface area contributed by atoms with Crippen molar-refractivity contribution < 1.29 is 41.4 Å². The van der Waals surface area contributed by atoms with E-state index in [2.05, 4.69) is 26.2 Å². The quantitative estimate of drug-likeness (QED) is 0.163. The fourth-order valence-corrected chi connectivity index (χ4v) is 6.14. The number of hydrogen-bond donors (Lipinski definition) is 2. The number of aryl methyl sites for hydroxylation is 1. The lowest BCUT2D eigenvalue weighted by atomic mass is 9.93. The number of hydrogen-bond acceptors (Lipinski definition) is 11. The number of aromatic nitrogens is 3. The van der Waals surface area contributed by atoms with E-state index < -0.39 is 39.8 Å². The number of anilines is 2. The molecule has 264 valence electrons. The van der Waals surface area contributed by atoms with E-state index in [4.69, 9.17) is 43.8 Å². The summed E-state index contributed by atoms with van der Waals surface area (Å²) >= 11 is 11.5. The Labute approximate surface area is 297 Å². The number of amides is 4. The first-order chi connectivity index (χ1) is 23.8. The number of halogens is 3. The van der Waals surface area contributed by atoms with Crippen LogP contribution in [-0.4, -0.2) is 66.9 Å². The predicted octanol–water partition coefficient (Wildman–Crippen LogP) is 4.94. The second-order valence-electron chi connectivity index (χ2n) is 10.5. The van der Waals surface area contributed by atoms with Crippen LogP contribution >= 0.6 is 23.2 Å². The highest BCUT2D eigenvalue weighted by Gasteiger charge is 2.41. The van der Waals surface area contributed by atoms with Crippen molar-refractivity contribution in [2.45, 2.75) is 50.5 Å². The molecule has 0 bridgehead atoms. The molecule has 1 aliphatic heterocycles. The van der Waals surface area contributed by atoms with Gasteiger partial charge in [-0.3, -0.25) is 14.9 Å². The molecule has 1 atom stereocenters. The number of nitrogens with one attached hydrogen (secondary N) is 2. The van der Waals surface area contributed by atoms with Crippen molar-refractivity contribution in [3.63, 3.8) is 0 Å². The van der Waals surface area contributed by atoms with Crippen molar-refractivity contribution in [1.29, 1.82) is 0 Å². The van der Waals surface area contributed by atoms with Crippen LogP contribution in [0.5, 0.6) is 17.5 Å². The van der Waals surface area contributed by atoms with Crippen LogP contribution < -0.4 is 29.1 Å². The van der Waals surface area contributed by atoms with Crippen LogP contribution in [0.3, 0.4) is 0 Å². The zero-order chi connectivity index (χ0) is 36.6. The molecule has 2 N–H and O–H groups in total. The smallest absolute Gasteiger partial charge is 0.335 e. The second-order valence-corrected chi connectivity index (χ2v) is 12.9. The number of carbonyl (C=O) groups is 3. The van der Waals surface area contributed by atoms with Gasteiger partial charge in [-0.2, -0.15) is 15.0 Å². The summed E-state index contributed by atoms with van der Waals surface area (Å²) in [5.74, 6) is 1.19. The minimum atomic E-state index is -4.20. The Morgan fingerprint density at radius 1 is 1.10 bits per heavy atom. The summed E-state index contributed by atoms with van der Waals surface area (Å²) in [5, 5.41) is 2.24. The molecule has 4 amide bonds. The third-order valence-corrected chi connectivity index (χ3v) is 8.83. The molecule has 3 aromatic rings. The van der Waals surface area contributed by atoms with Crippen molar-refractivity contribution in [2.75, 3.05) is 29.8 Å². The molecular formula is C32H31Cl2FN6O8S. The largest absolute Gasteiger partial charge is 0.491 e. The fourth-order valence-electron chi connectivity index (χ4n) is 4.81. The summed E-state index contributed by atoms with van der Waals surface area (Å²) in [5.41, 5.74) is 0.808. The Balaban J connectivity index is 0.000000225. The lowest BCUT2D eigenvalue weighted by molar-refractivity contribution is -0.120. The van der Waals surface area contributed by atoms with Gasteiger partial charge in [0, 0.05) is 17.2 Å². The van der Waals surface area contributed by atoms with Gasteiger partial charge in [0.15, 0.2) is 6.10 Å². The molecular weight excluding hydrogens is 718 g/mol. The van der Waals surface area contributed by atoms with Crippen molar-refractivity contribution in [3.05, 3.63) is 64.2 Å². The van der Waals surface area contributed by atoms with Gasteiger partial charge in [0.2, 0.25) is 5.95 Å². The van der Waals surface area contributed by atoms with Gasteiger partial charge in [-0.25, -0.2) is 27.2 Å². The minimum Gasteiger partial charge on any atom is -0.491 e. The zero-order valence-corrected chi connectivity index (χ0v) is 29.3. The summed E-state index contributed by atoms with van der Waals surface area (Å²) in [6, 6.07) is 7.06. The van der Waals surface area contributed by atoms with Crippen LogP contribution in [0.15, 0.2) is 52.4 Å². The number of sulfonamides is 1. The number of methoxy groups -OCH3 is 1. The molecule has 0 saturated carbocycles. The van der Waals surface area contributed by atoms with Crippen LogP contribution in [0.1, 0.15) is 38.4 Å². The van der Waals surface area contributed by atoms with E-state index in [1.807, 2.05) is 4.72 Å². The number of para-hydroxylation sites is 1. The van der Waals surface area contributed by atoms with Gasteiger partial charge in [0.1, 0.15) is 34.6 Å². The first kappa shape index (κ1) is 37.8. The number of imide groups is 1. The SMILES string of the molecule is C#CC(C)Oc1cc(N2C(=O)C3=C(CCCC3)C2=O)c(F)cc1Cl.COc1nc(C)nc(NC(=O)NS(=O)(=O)c2ccccc2OCCCl)n1. The fraction of sp³-hybridized carbons (Fsp3) is 0.312. The van der Waals surface area contributed by atoms with Gasteiger partial charge in [0.25, 0.3) is 21.8 Å². The molecule has 2 aromatic carbocycles. The molecule has 14 nitrogen and oxygen atoms in total. The highest BCUT2D eigenvalue weighted by Crippen LogP contribution is 2.39. The Morgan fingerprint density at radius 2 is 1.76 bits per heavy atom. The average molecular weight is 750 g/mol. The summed E-state index contributed by atoms with van der Waals surface area (Å²) < 4.78 is 56.7. The monoisotopic (exact) mass is 748 g/mol. The number of urea groups is 1. The lowest BCUT2D eigenvalue weighted by Gasteiger charge is -2.19. The lowest BCUT2D eigenvalue weighted by Crippen LogP contribution is -2.35. The Morgan fingerprint density at radius 3 is 2.38 bits per heavy atom. The van der Waals surface area contributed by atoms with E-state index in [1.165, 1.54) is 31.4 Å². The maximum absolute atomic E-state index is 14.4. The average Bonchev–Trinajstić information content (AvgIpc) is 3.33. The summed E-state index contributed by atoms with van der Waals surface area (Å²) in [6.07, 6.45) is 7.47. The second kappa shape index (κ2) is 16.6.